The van der Waals surface area contributed by atoms with Crippen LogP contribution in [0.2, 0.25) is 5.02 Å². The van der Waals surface area contributed by atoms with Gasteiger partial charge in [-0.05, 0) is 30.5 Å². The third-order valence-corrected chi connectivity index (χ3v) is 3.87. The summed E-state index contributed by atoms with van der Waals surface area (Å²) in [7, 11) is 0. The van der Waals surface area contributed by atoms with E-state index >= 15 is 0 Å². The average molecular weight is 323 g/mol. The first-order valence-electron chi connectivity index (χ1n) is 5.92. The topological polar surface area (TPSA) is 72.2 Å². The molecule has 1 amide bonds. The van der Waals surface area contributed by atoms with Crippen LogP contribution in [0.15, 0.2) is 47.4 Å². The van der Waals surface area contributed by atoms with Crippen molar-refractivity contribution >= 4 is 40.6 Å². The zero-order valence-corrected chi connectivity index (χ0v) is 12.6. The number of carbonyl (C=O) groups excluding carboxylic acids is 1. The van der Waals surface area contributed by atoms with E-state index in [1.807, 2.05) is 18.4 Å². The molecule has 0 aliphatic rings. The second-order valence-electron chi connectivity index (χ2n) is 4.05. The Labute approximate surface area is 130 Å². The zero-order chi connectivity index (χ0) is 15.4. The molecule has 0 unspecified atom stereocenters. The largest absolute Gasteiger partial charge is 0.321 e. The molecule has 0 spiro atoms. The second-order valence-corrected chi connectivity index (χ2v) is 5.30. The molecule has 0 saturated heterocycles. The number of hydrogen-bond acceptors (Lipinski definition) is 4. The monoisotopic (exact) mass is 322 g/mol. The minimum absolute atomic E-state index is 0.0641. The fraction of sp³-hybridized carbons (Fsp3) is 0.0714. The van der Waals surface area contributed by atoms with Gasteiger partial charge in [0.05, 0.1) is 10.6 Å². The Morgan fingerprint density at radius 2 is 1.95 bits per heavy atom. The number of carbonyl (C=O) groups is 1. The van der Waals surface area contributed by atoms with Crippen molar-refractivity contribution in [2.75, 3.05) is 11.6 Å². The van der Waals surface area contributed by atoms with Gasteiger partial charge in [0.1, 0.15) is 10.6 Å². The van der Waals surface area contributed by atoms with Gasteiger partial charge >= 0.3 is 5.69 Å². The summed E-state index contributed by atoms with van der Waals surface area (Å²) in [6.45, 7) is 0. The van der Waals surface area contributed by atoms with Gasteiger partial charge in [-0.3, -0.25) is 14.9 Å². The maximum Gasteiger partial charge on any atom is 0.300 e. The first-order chi connectivity index (χ1) is 10.0. The summed E-state index contributed by atoms with van der Waals surface area (Å²) in [6.07, 6.45) is 1.88. The number of nitrogens with one attached hydrogen (secondary N) is 1. The third-order valence-electron chi connectivity index (χ3n) is 2.77. The van der Waals surface area contributed by atoms with Gasteiger partial charge in [-0.2, -0.15) is 0 Å². The lowest BCUT2D eigenvalue weighted by Gasteiger charge is -2.09. The number of amides is 1. The number of rotatable bonds is 4. The molecule has 0 radical (unpaired) electrons. The number of benzene rings is 2. The van der Waals surface area contributed by atoms with Crippen LogP contribution in [0.5, 0.6) is 0 Å². The quantitative estimate of drug-likeness (QED) is 0.519. The van der Waals surface area contributed by atoms with Crippen LogP contribution in [-0.4, -0.2) is 17.1 Å². The normalized spacial score (nSPS) is 10.2. The van der Waals surface area contributed by atoms with Crippen LogP contribution < -0.4 is 5.32 Å². The fourth-order valence-electron chi connectivity index (χ4n) is 1.82. The summed E-state index contributed by atoms with van der Waals surface area (Å²) in [4.78, 5) is 23.6. The Kier molecular flexibility index (Phi) is 4.82. The van der Waals surface area contributed by atoms with E-state index in [1.165, 1.54) is 30.0 Å². The number of nitrogens with zero attached hydrogens (tertiary/aromatic N) is 1. The van der Waals surface area contributed by atoms with Crippen molar-refractivity contribution in [3.05, 3.63) is 63.2 Å². The molecule has 7 heteroatoms. The molecule has 0 saturated carbocycles. The van der Waals surface area contributed by atoms with Crippen molar-refractivity contribution < 1.29 is 9.72 Å². The van der Waals surface area contributed by atoms with Gasteiger partial charge in [0.2, 0.25) is 0 Å². The predicted octanol–water partition coefficient (Wildman–Crippen LogP) is 4.22. The van der Waals surface area contributed by atoms with E-state index < -0.39 is 16.5 Å². The Hall–Kier alpha value is -2.05. The van der Waals surface area contributed by atoms with Crippen molar-refractivity contribution in [3.63, 3.8) is 0 Å². The lowest BCUT2D eigenvalue weighted by molar-refractivity contribution is -0.385. The molecule has 2 rings (SSSR count). The molecule has 5 nitrogen and oxygen atoms in total. The number of thioether (sulfide) groups is 1. The molecule has 2 aromatic rings. The number of nitro benzene ring substituents is 1. The van der Waals surface area contributed by atoms with Gasteiger partial charge in [0.15, 0.2) is 0 Å². The molecule has 21 heavy (non-hydrogen) atoms. The van der Waals surface area contributed by atoms with Crippen LogP contribution in [0.3, 0.4) is 0 Å². The molecule has 1 N–H and O–H groups in total. The van der Waals surface area contributed by atoms with E-state index in [0.29, 0.717) is 5.69 Å². The number of hydrogen-bond donors (Lipinski definition) is 1. The van der Waals surface area contributed by atoms with Crippen LogP contribution in [-0.2, 0) is 0 Å². The Morgan fingerprint density at radius 3 is 2.62 bits per heavy atom. The molecular weight excluding hydrogens is 312 g/mol. The van der Waals surface area contributed by atoms with Crippen LogP contribution in [0.25, 0.3) is 0 Å². The van der Waals surface area contributed by atoms with Gasteiger partial charge < -0.3 is 5.32 Å². The molecule has 0 aromatic heterocycles. The van der Waals surface area contributed by atoms with Gasteiger partial charge in [-0.25, -0.2) is 0 Å². The highest BCUT2D eigenvalue weighted by atomic mass is 35.5. The fourth-order valence-corrected chi connectivity index (χ4v) is 2.62. The van der Waals surface area contributed by atoms with Crippen LogP contribution in [0, 0.1) is 10.1 Å². The number of anilines is 1. The molecule has 0 fully saturated rings. The van der Waals surface area contributed by atoms with Crippen molar-refractivity contribution in [2.24, 2.45) is 0 Å². The van der Waals surface area contributed by atoms with E-state index in [0.717, 1.165) is 4.90 Å². The zero-order valence-electron chi connectivity index (χ0n) is 11.0. The molecular formula is C14H11ClN2O3S. The predicted molar refractivity (Wildman–Crippen MR) is 84.3 cm³/mol. The van der Waals surface area contributed by atoms with E-state index in [9.17, 15) is 14.9 Å². The first-order valence-corrected chi connectivity index (χ1v) is 7.52. The van der Waals surface area contributed by atoms with Gasteiger partial charge in [0, 0.05) is 4.90 Å². The van der Waals surface area contributed by atoms with Gasteiger partial charge in [-0.1, -0.05) is 29.8 Å². The van der Waals surface area contributed by atoms with Crippen molar-refractivity contribution in [1.29, 1.82) is 0 Å². The lowest BCUT2D eigenvalue weighted by Crippen LogP contribution is -2.14. The Bertz CT molecular complexity index is 706. The van der Waals surface area contributed by atoms with Crippen molar-refractivity contribution in [3.8, 4) is 0 Å². The molecule has 2 aromatic carbocycles. The summed E-state index contributed by atoms with van der Waals surface area (Å²) in [5.74, 6) is -0.564. The summed E-state index contributed by atoms with van der Waals surface area (Å²) < 4.78 is 0. The maximum absolute atomic E-state index is 12.3. The highest BCUT2D eigenvalue weighted by Gasteiger charge is 2.23. The highest BCUT2D eigenvalue weighted by molar-refractivity contribution is 7.98. The smallest absolute Gasteiger partial charge is 0.300 e. The maximum atomic E-state index is 12.3. The summed E-state index contributed by atoms with van der Waals surface area (Å²) in [6, 6.07) is 11.5. The summed E-state index contributed by atoms with van der Waals surface area (Å²) in [5, 5.41) is 13.7. The third kappa shape index (κ3) is 3.34. The minimum Gasteiger partial charge on any atom is -0.321 e. The molecule has 108 valence electrons. The van der Waals surface area contributed by atoms with Crippen LogP contribution in [0.1, 0.15) is 10.4 Å². The van der Waals surface area contributed by atoms with Gasteiger partial charge in [-0.15, -0.1) is 11.8 Å². The van der Waals surface area contributed by atoms with E-state index in [1.54, 1.807) is 12.1 Å². The molecule has 0 atom stereocenters. The van der Waals surface area contributed by atoms with Crippen molar-refractivity contribution in [2.45, 2.75) is 4.90 Å². The second kappa shape index (κ2) is 6.60. The minimum atomic E-state index is -0.655. The summed E-state index contributed by atoms with van der Waals surface area (Å²) in [5.41, 5.74) is 0.144. The van der Waals surface area contributed by atoms with Crippen LogP contribution in [0.4, 0.5) is 11.4 Å². The number of halogens is 1. The Balaban J connectivity index is 2.38. The van der Waals surface area contributed by atoms with Crippen molar-refractivity contribution in [1.82, 2.24) is 0 Å². The van der Waals surface area contributed by atoms with E-state index in [4.69, 9.17) is 11.6 Å². The van der Waals surface area contributed by atoms with Crippen LogP contribution >= 0.6 is 23.4 Å². The first kappa shape index (κ1) is 15.3. The van der Waals surface area contributed by atoms with E-state index in [2.05, 4.69) is 5.32 Å². The number of nitro groups is 1. The highest BCUT2D eigenvalue weighted by Crippen LogP contribution is 2.30. The average Bonchev–Trinajstić information content (AvgIpc) is 2.47. The molecule has 0 aliphatic heterocycles. The number of para-hydroxylation sites is 2. The lowest BCUT2D eigenvalue weighted by atomic mass is 10.1. The SMILES string of the molecule is CSc1ccccc1NC(=O)c1cccc(Cl)c1[N+](=O)[O-]. The molecule has 0 heterocycles. The standard InChI is InChI=1S/C14H11ClN2O3S/c1-21-12-8-3-2-7-11(12)16-14(18)9-5-4-6-10(15)13(9)17(19)20/h2-8H,1H3,(H,16,18). The van der Waals surface area contributed by atoms with Gasteiger partial charge in [0.25, 0.3) is 5.91 Å². The molecule has 0 aliphatic carbocycles. The Morgan fingerprint density at radius 1 is 1.24 bits per heavy atom. The van der Waals surface area contributed by atoms with E-state index in [-0.39, 0.29) is 10.6 Å². The summed E-state index contributed by atoms with van der Waals surface area (Å²) >= 11 is 7.28. The molecule has 0 bridgehead atoms.